The zero-order chi connectivity index (χ0) is 17.9. The van der Waals surface area contributed by atoms with Gasteiger partial charge in [0.05, 0.1) is 19.3 Å². The van der Waals surface area contributed by atoms with Gasteiger partial charge in [-0.25, -0.2) is 4.79 Å². The van der Waals surface area contributed by atoms with Crippen molar-refractivity contribution < 1.29 is 14.9 Å². The summed E-state index contributed by atoms with van der Waals surface area (Å²) in [5, 5.41) is 19.0. The summed E-state index contributed by atoms with van der Waals surface area (Å²) in [7, 11) is 0. The molecule has 1 fully saturated rings. The van der Waals surface area contributed by atoms with Crippen LogP contribution >= 0.6 is 0 Å². The number of hydrogen-bond acceptors (Lipinski definition) is 5. The van der Waals surface area contributed by atoms with E-state index < -0.39 is 24.1 Å². The molecule has 2 rings (SSSR count). The van der Waals surface area contributed by atoms with E-state index in [9.17, 15) is 19.8 Å². The fraction of sp³-hybridized carbons (Fsp3) is 0.529. The molecule has 3 atom stereocenters. The van der Waals surface area contributed by atoms with Gasteiger partial charge in [0, 0.05) is 18.2 Å². The van der Waals surface area contributed by atoms with Crippen molar-refractivity contribution in [3.8, 4) is 0 Å². The van der Waals surface area contributed by atoms with Crippen molar-refractivity contribution in [3.05, 3.63) is 56.4 Å². The Morgan fingerprint density at radius 1 is 1.46 bits per heavy atom. The van der Waals surface area contributed by atoms with Crippen LogP contribution in [0.5, 0.6) is 0 Å². The molecule has 0 radical (unpaired) electrons. The van der Waals surface area contributed by atoms with Crippen LogP contribution in [0.25, 0.3) is 0 Å². The molecule has 24 heavy (non-hydrogen) atoms. The SMILES string of the molecule is C/C=C\C=C(/C)Cn1c(=O)c(C)cn([C@H]2C[C@@H](O)C(CO)O2)c1=O. The van der Waals surface area contributed by atoms with E-state index in [-0.39, 0.29) is 25.1 Å². The third-order valence-corrected chi connectivity index (χ3v) is 4.04. The monoisotopic (exact) mass is 336 g/mol. The molecule has 1 unspecified atom stereocenters. The number of allylic oxidation sites excluding steroid dienone is 4. The average Bonchev–Trinajstić information content (AvgIpc) is 2.93. The minimum atomic E-state index is -0.844. The molecule has 0 aliphatic carbocycles. The summed E-state index contributed by atoms with van der Waals surface area (Å²) >= 11 is 0. The fourth-order valence-corrected chi connectivity index (χ4v) is 2.72. The van der Waals surface area contributed by atoms with Crippen LogP contribution in [0.1, 0.15) is 32.1 Å². The number of aromatic nitrogens is 2. The van der Waals surface area contributed by atoms with E-state index in [1.165, 1.54) is 10.8 Å². The molecule has 1 aliphatic heterocycles. The van der Waals surface area contributed by atoms with Crippen molar-refractivity contribution >= 4 is 0 Å². The van der Waals surface area contributed by atoms with Gasteiger partial charge in [-0.1, -0.05) is 23.8 Å². The quantitative estimate of drug-likeness (QED) is 0.763. The smallest absolute Gasteiger partial charge is 0.333 e. The number of hydrogen-bond donors (Lipinski definition) is 2. The molecular formula is C17H24N2O5. The Kier molecular flexibility index (Phi) is 5.93. The van der Waals surface area contributed by atoms with Gasteiger partial charge in [-0.2, -0.15) is 0 Å². The van der Waals surface area contributed by atoms with Crippen LogP contribution in [-0.4, -0.2) is 38.2 Å². The Morgan fingerprint density at radius 2 is 2.17 bits per heavy atom. The van der Waals surface area contributed by atoms with E-state index in [1.807, 2.05) is 32.1 Å². The highest BCUT2D eigenvalue weighted by molar-refractivity contribution is 5.11. The molecule has 0 aromatic carbocycles. The van der Waals surface area contributed by atoms with Gasteiger partial charge in [-0.05, 0) is 20.8 Å². The first-order valence-corrected chi connectivity index (χ1v) is 7.94. The molecule has 0 saturated carbocycles. The second kappa shape index (κ2) is 7.74. The van der Waals surface area contributed by atoms with Crippen molar-refractivity contribution in [1.29, 1.82) is 0 Å². The van der Waals surface area contributed by atoms with Gasteiger partial charge in [0.25, 0.3) is 5.56 Å². The Morgan fingerprint density at radius 3 is 2.75 bits per heavy atom. The zero-order valence-corrected chi connectivity index (χ0v) is 14.2. The molecule has 0 bridgehead atoms. The minimum absolute atomic E-state index is 0.183. The first-order valence-electron chi connectivity index (χ1n) is 7.94. The van der Waals surface area contributed by atoms with Crippen LogP contribution in [-0.2, 0) is 11.3 Å². The lowest BCUT2D eigenvalue weighted by Gasteiger charge is -2.17. The van der Waals surface area contributed by atoms with Crippen LogP contribution in [0, 0.1) is 6.92 Å². The summed E-state index contributed by atoms with van der Waals surface area (Å²) in [4.78, 5) is 25.0. The maximum atomic E-state index is 12.7. The van der Waals surface area contributed by atoms with Crippen LogP contribution in [0.4, 0.5) is 0 Å². The molecule has 1 aromatic heterocycles. The third kappa shape index (κ3) is 3.75. The van der Waals surface area contributed by atoms with Crippen LogP contribution in [0.3, 0.4) is 0 Å². The number of aliphatic hydroxyl groups is 2. The molecule has 0 spiro atoms. The second-order valence-electron chi connectivity index (χ2n) is 6.05. The summed E-state index contributed by atoms with van der Waals surface area (Å²) in [6, 6.07) is 0. The molecule has 0 amide bonds. The van der Waals surface area contributed by atoms with E-state index in [0.29, 0.717) is 5.56 Å². The van der Waals surface area contributed by atoms with Crippen LogP contribution in [0.2, 0.25) is 0 Å². The fourth-order valence-electron chi connectivity index (χ4n) is 2.72. The highest BCUT2D eigenvalue weighted by Gasteiger charge is 2.35. The maximum Gasteiger partial charge on any atom is 0.333 e. The largest absolute Gasteiger partial charge is 0.394 e. The number of aryl methyl sites for hydroxylation is 1. The van der Waals surface area contributed by atoms with E-state index in [2.05, 4.69) is 0 Å². The summed E-state index contributed by atoms with van der Waals surface area (Å²) < 4.78 is 8.01. The zero-order valence-electron chi connectivity index (χ0n) is 14.2. The lowest BCUT2D eigenvalue weighted by molar-refractivity contribution is -0.0463. The summed E-state index contributed by atoms with van der Waals surface area (Å²) in [5.41, 5.74) is 0.445. The highest BCUT2D eigenvalue weighted by atomic mass is 16.5. The highest BCUT2D eigenvalue weighted by Crippen LogP contribution is 2.27. The van der Waals surface area contributed by atoms with Gasteiger partial charge < -0.3 is 14.9 Å². The average molecular weight is 336 g/mol. The summed E-state index contributed by atoms with van der Waals surface area (Å²) in [6.07, 6.45) is 4.92. The number of rotatable bonds is 5. The van der Waals surface area contributed by atoms with Gasteiger partial charge in [0.2, 0.25) is 0 Å². The van der Waals surface area contributed by atoms with Crippen LogP contribution < -0.4 is 11.2 Å². The van der Waals surface area contributed by atoms with E-state index >= 15 is 0 Å². The van der Waals surface area contributed by atoms with E-state index in [1.54, 1.807) is 6.92 Å². The van der Waals surface area contributed by atoms with Crippen molar-refractivity contribution in [1.82, 2.24) is 9.13 Å². The standard InChI is InChI=1S/C17H24N2O5/c1-4-5-6-11(2)8-19-16(22)12(3)9-18(17(19)23)15-7-13(21)14(10-20)24-15/h4-6,9,13-15,20-21H,7-8,10H2,1-3H3/b5-4-,11-6+/t13-,14?,15-/m1/s1. The maximum absolute atomic E-state index is 12.7. The summed E-state index contributed by atoms with van der Waals surface area (Å²) in [6.45, 7) is 5.22. The topological polar surface area (TPSA) is 93.7 Å². The lowest BCUT2D eigenvalue weighted by Crippen LogP contribution is -2.42. The number of nitrogens with zero attached hydrogens (tertiary/aromatic N) is 2. The van der Waals surface area contributed by atoms with Gasteiger partial charge in [0.1, 0.15) is 12.3 Å². The molecule has 1 aromatic rings. The van der Waals surface area contributed by atoms with Crippen molar-refractivity contribution in [2.45, 2.75) is 52.2 Å². The first kappa shape index (κ1) is 18.4. The Bertz CT molecular complexity index is 759. The molecule has 1 aliphatic rings. The number of ether oxygens (including phenoxy) is 1. The van der Waals surface area contributed by atoms with E-state index in [0.717, 1.165) is 10.1 Å². The molecule has 1 saturated heterocycles. The van der Waals surface area contributed by atoms with E-state index in [4.69, 9.17) is 4.74 Å². The Labute approximate surface area is 140 Å². The van der Waals surface area contributed by atoms with Gasteiger partial charge in [-0.15, -0.1) is 0 Å². The lowest BCUT2D eigenvalue weighted by atomic mass is 10.2. The minimum Gasteiger partial charge on any atom is -0.394 e. The molecule has 2 heterocycles. The third-order valence-electron chi connectivity index (χ3n) is 4.04. The molecule has 7 nitrogen and oxygen atoms in total. The predicted octanol–water partition coefficient (Wildman–Crippen LogP) is 0.482. The molecular weight excluding hydrogens is 312 g/mol. The van der Waals surface area contributed by atoms with Crippen molar-refractivity contribution in [2.24, 2.45) is 0 Å². The molecule has 2 N–H and O–H groups in total. The Hall–Kier alpha value is -1.96. The van der Waals surface area contributed by atoms with Gasteiger partial charge in [-0.3, -0.25) is 13.9 Å². The summed E-state index contributed by atoms with van der Waals surface area (Å²) in [5.74, 6) is 0. The predicted molar refractivity (Wildman–Crippen MR) is 89.9 cm³/mol. The first-order chi connectivity index (χ1) is 11.4. The Balaban J connectivity index is 2.42. The van der Waals surface area contributed by atoms with Crippen LogP contribution in [0.15, 0.2) is 39.6 Å². The van der Waals surface area contributed by atoms with Crippen molar-refractivity contribution in [3.63, 3.8) is 0 Å². The second-order valence-corrected chi connectivity index (χ2v) is 6.05. The normalized spacial score (nSPS) is 24.9. The van der Waals surface area contributed by atoms with Gasteiger partial charge >= 0.3 is 5.69 Å². The molecule has 132 valence electrons. The number of aliphatic hydroxyl groups excluding tert-OH is 2. The van der Waals surface area contributed by atoms with Gasteiger partial charge in [0.15, 0.2) is 0 Å². The van der Waals surface area contributed by atoms with Crippen molar-refractivity contribution in [2.75, 3.05) is 6.61 Å². The molecule has 7 heteroatoms.